The van der Waals surface area contributed by atoms with E-state index in [9.17, 15) is 4.79 Å². The van der Waals surface area contributed by atoms with Crippen molar-refractivity contribution in [2.75, 3.05) is 40.8 Å². The Balaban J connectivity index is 0.00000363. The maximum atomic E-state index is 11.7. The van der Waals surface area contributed by atoms with Crippen molar-refractivity contribution in [3.63, 3.8) is 0 Å². The van der Waals surface area contributed by atoms with Gasteiger partial charge in [0, 0.05) is 40.8 Å². The Bertz CT molecular complexity index is 919. The van der Waals surface area contributed by atoms with E-state index in [4.69, 9.17) is 4.74 Å². The van der Waals surface area contributed by atoms with Crippen LogP contribution in [0.5, 0.6) is 5.75 Å². The molecular formula is C25H33IN4O2. The number of hydrogen-bond donors (Lipinski definition) is 1. The minimum Gasteiger partial charge on any atom is -0.484 e. The molecule has 7 heteroatoms. The topological polar surface area (TPSA) is 57.2 Å². The summed E-state index contributed by atoms with van der Waals surface area (Å²) in [6.45, 7) is 2.59. The van der Waals surface area contributed by atoms with Gasteiger partial charge in [0.2, 0.25) is 0 Å². The molecule has 0 atom stereocenters. The lowest BCUT2D eigenvalue weighted by molar-refractivity contribution is -0.130. The number of benzene rings is 2. The zero-order valence-corrected chi connectivity index (χ0v) is 21.4. The van der Waals surface area contributed by atoms with E-state index in [2.05, 4.69) is 45.6 Å². The van der Waals surface area contributed by atoms with Crippen LogP contribution in [0.25, 0.3) is 6.08 Å². The van der Waals surface area contributed by atoms with Crippen LogP contribution >= 0.6 is 24.0 Å². The lowest BCUT2D eigenvalue weighted by atomic mass is 10.0. The van der Waals surface area contributed by atoms with E-state index < -0.39 is 0 Å². The van der Waals surface area contributed by atoms with Crippen LogP contribution in [0.15, 0.2) is 65.2 Å². The molecule has 172 valence electrons. The van der Waals surface area contributed by atoms with Crippen molar-refractivity contribution in [3.8, 4) is 5.75 Å². The normalized spacial score (nSPS) is 13.8. The molecule has 0 aromatic heterocycles. The summed E-state index contributed by atoms with van der Waals surface area (Å²) in [6, 6.07) is 18.3. The van der Waals surface area contributed by atoms with Gasteiger partial charge in [0.1, 0.15) is 5.75 Å². The predicted molar refractivity (Wildman–Crippen MR) is 141 cm³/mol. The second-order valence-electron chi connectivity index (χ2n) is 7.83. The highest BCUT2D eigenvalue weighted by molar-refractivity contribution is 14.0. The van der Waals surface area contributed by atoms with Gasteiger partial charge in [-0.1, -0.05) is 54.1 Å². The Kier molecular flexibility index (Phi) is 10.5. The zero-order valence-electron chi connectivity index (χ0n) is 19.1. The molecule has 1 N–H and O–H groups in total. The summed E-state index contributed by atoms with van der Waals surface area (Å²) in [7, 11) is 5.27. The fraction of sp³-hybridized carbons (Fsp3) is 0.360. The van der Waals surface area contributed by atoms with Crippen LogP contribution in [0.4, 0.5) is 0 Å². The molecule has 0 unspecified atom stereocenters. The number of ether oxygens (including phenoxy) is 1. The standard InChI is InChI=1S/C25H32N4O2.HI/c1-26-25(29-14-12-21(13-15-29)16-20-8-5-4-6-9-20)27-18-22-10-7-11-23(17-22)31-19-24(30)28(2)3;/h4-11,16-17H,12-15,18-19H2,1-3H3,(H,26,27);1H. The number of carbonyl (C=O) groups excluding carboxylic acids is 1. The smallest absolute Gasteiger partial charge is 0.259 e. The zero-order chi connectivity index (χ0) is 22.1. The number of likely N-dealkylation sites (N-methyl/N-ethyl adjacent to an activating group) is 1. The molecule has 6 nitrogen and oxygen atoms in total. The largest absolute Gasteiger partial charge is 0.484 e. The average molecular weight is 548 g/mol. The number of amides is 1. The van der Waals surface area contributed by atoms with Gasteiger partial charge >= 0.3 is 0 Å². The fourth-order valence-corrected chi connectivity index (χ4v) is 3.47. The maximum absolute atomic E-state index is 11.7. The van der Waals surface area contributed by atoms with Crippen molar-refractivity contribution in [1.29, 1.82) is 0 Å². The molecule has 3 rings (SSSR count). The van der Waals surface area contributed by atoms with Gasteiger partial charge in [-0.25, -0.2) is 0 Å². The number of carbonyl (C=O) groups is 1. The molecule has 1 saturated heterocycles. The molecule has 0 spiro atoms. The minimum atomic E-state index is -0.0605. The van der Waals surface area contributed by atoms with E-state index in [-0.39, 0.29) is 36.5 Å². The Labute approximate surface area is 208 Å². The van der Waals surface area contributed by atoms with Gasteiger partial charge in [0.05, 0.1) is 0 Å². The van der Waals surface area contributed by atoms with Gasteiger partial charge in [-0.3, -0.25) is 9.79 Å². The van der Waals surface area contributed by atoms with Gasteiger partial charge in [-0.15, -0.1) is 24.0 Å². The molecule has 32 heavy (non-hydrogen) atoms. The highest BCUT2D eigenvalue weighted by Gasteiger charge is 2.17. The van der Waals surface area contributed by atoms with Crippen molar-refractivity contribution in [2.24, 2.45) is 4.99 Å². The van der Waals surface area contributed by atoms with Crippen molar-refractivity contribution in [3.05, 3.63) is 71.3 Å². The molecular weight excluding hydrogens is 515 g/mol. The number of likely N-dealkylation sites (tertiary alicyclic amines) is 1. The number of rotatable bonds is 6. The number of halogens is 1. The third-order valence-corrected chi connectivity index (χ3v) is 5.30. The summed E-state index contributed by atoms with van der Waals surface area (Å²) in [5.74, 6) is 1.54. The number of hydrogen-bond acceptors (Lipinski definition) is 3. The number of piperidine rings is 1. The molecule has 0 saturated carbocycles. The monoisotopic (exact) mass is 548 g/mol. The molecule has 2 aromatic rings. The van der Waals surface area contributed by atoms with Crippen molar-refractivity contribution < 1.29 is 9.53 Å². The lowest BCUT2D eigenvalue weighted by Gasteiger charge is -2.31. The molecule has 1 aliphatic rings. The van der Waals surface area contributed by atoms with Crippen molar-refractivity contribution in [2.45, 2.75) is 19.4 Å². The van der Waals surface area contributed by atoms with E-state index >= 15 is 0 Å². The predicted octanol–water partition coefficient (Wildman–Crippen LogP) is 4.03. The summed E-state index contributed by atoms with van der Waals surface area (Å²) in [5, 5.41) is 3.46. The molecule has 0 radical (unpaired) electrons. The third kappa shape index (κ3) is 7.85. The van der Waals surface area contributed by atoms with Crippen LogP contribution in [0.3, 0.4) is 0 Å². The van der Waals surface area contributed by atoms with Crippen LogP contribution in [-0.4, -0.2) is 62.5 Å². The highest BCUT2D eigenvalue weighted by atomic mass is 127. The Morgan fingerprint density at radius 3 is 2.50 bits per heavy atom. The quantitative estimate of drug-likeness (QED) is 0.337. The van der Waals surface area contributed by atoms with E-state index in [1.165, 1.54) is 16.0 Å². The second-order valence-corrected chi connectivity index (χ2v) is 7.83. The highest BCUT2D eigenvalue weighted by Crippen LogP contribution is 2.20. The van der Waals surface area contributed by atoms with Crippen molar-refractivity contribution >= 4 is 41.9 Å². The van der Waals surface area contributed by atoms with E-state index in [0.29, 0.717) is 12.3 Å². The molecule has 1 aliphatic heterocycles. The van der Waals surface area contributed by atoms with E-state index in [1.54, 1.807) is 14.1 Å². The Hall–Kier alpha value is -2.55. The first-order valence-electron chi connectivity index (χ1n) is 10.7. The molecule has 1 fully saturated rings. The Morgan fingerprint density at radius 1 is 1.12 bits per heavy atom. The molecule has 0 bridgehead atoms. The summed E-state index contributed by atoms with van der Waals surface area (Å²) in [5.41, 5.74) is 3.83. The summed E-state index contributed by atoms with van der Waals surface area (Å²) >= 11 is 0. The van der Waals surface area contributed by atoms with Crippen molar-refractivity contribution in [1.82, 2.24) is 15.1 Å². The van der Waals surface area contributed by atoms with Gasteiger partial charge < -0.3 is 19.9 Å². The van der Waals surface area contributed by atoms with Crippen LogP contribution in [-0.2, 0) is 11.3 Å². The van der Waals surface area contributed by atoms with E-state index in [0.717, 1.165) is 37.5 Å². The van der Waals surface area contributed by atoms with Crippen LogP contribution in [0.2, 0.25) is 0 Å². The SMILES string of the molecule is CN=C(NCc1cccc(OCC(=O)N(C)C)c1)N1CCC(=Cc2ccccc2)CC1.I. The Morgan fingerprint density at radius 2 is 1.84 bits per heavy atom. The first kappa shape index (κ1) is 25.7. The summed E-state index contributed by atoms with van der Waals surface area (Å²) in [4.78, 5) is 20.0. The average Bonchev–Trinajstić information content (AvgIpc) is 2.80. The van der Waals surface area contributed by atoms with Gasteiger partial charge in [-0.05, 0) is 36.1 Å². The second kappa shape index (κ2) is 13.1. The van der Waals surface area contributed by atoms with Crippen LogP contribution in [0, 0.1) is 0 Å². The number of nitrogens with one attached hydrogen (secondary N) is 1. The third-order valence-electron chi connectivity index (χ3n) is 5.30. The van der Waals surface area contributed by atoms with Crippen LogP contribution in [0.1, 0.15) is 24.0 Å². The fourth-order valence-electron chi connectivity index (χ4n) is 3.47. The maximum Gasteiger partial charge on any atom is 0.259 e. The molecule has 0 aliphatic carbocycles. The number of guanidine groups is 1. The number of nitrogens with zero attached hydrogens (tertiary/aromatic N) is 3. The molecule has 2 aromatic carbocycles. The minimum absolute atomic E-state index is 0. The summed E-state index contributed by atoms with van der Waals surface area (Å²) < 4.78 is 5.61. The van der Waals surface area contributed by atoms with Gasteiger partial charge in [-0.2, -0.15) is 0 Å². The molecule has 1 heterocycles. The van der Waals surface area contributed by atoms with Crippen LogP contribution < -0.4 is 10.1 Å². The summed E-state index contributed by atoms with van der Waals surface area (Å²) in [6.07, 6.45) is 4.39. The number of aliphatic imine (C=N–C) groups is 1. The van der Waals surface area contributed by atoms with E-state index in [1.807, 2.05) is 37.4 Å². The van der Waals surface area contributed by atoms with Gasteiger partial charge in [0.25, 0.3) is 5.91 Å². The first-order chi connectivity index (χ1) is 15.0. The first-order valence-corrected chi connectivity index (χ1v) is 10.7. The molecule has 1 amide bonds. The lowest BCUT2D eigenvalue weighted by Crippen LogP contribution is -2.44. The van der Waals surface area contributed by atoms with Gasteiger partial charge in [0.15, 0.2) is 12.6 Å².